The van der Waals surface area contributed by atoms with Gasteiger partial charge in [0.2, 0.25) is 0 Å². The van der Waals surface area contributed by atoms with Crippen LogP contribution >= 0.6 is 23.2 Å². The summed E-state index contributed by atoms with van der Waals surface area (Å²) in [6.07, 6.45) is 0. The first-order chi connectivity index (χ1) is 6.45. The van der Waals surface area contributed by atoms with Crippen molar-refractivity contribution in [2.45, 2.75) is 13.8 Å². The lowest BCUT2D eigenvalue weighted by Crippen LogP contribution is -1.88. The summed E-state index contributed by atoms with van der Waals surface area (Å²) in [6.45, 7) is 3.32. The maximum absolute atomic E-state index is 9.59. The first-order valence-electron chi connectivity index (χ1n) is 3.93. The summed E-state index contributed by atoms with van der Waals surface area (Å²) in [5, 5.41) is 1.39. The number of carbonyl (C=O) groups excluding carboxylic acids is 1. The van der Waals surface area contributed by atoms with Gasteiger partial charge in [-0.3, -0.25) is 4.79 Å². The maximum Gasteiger partial charge on any atom is 0.302 e. The van der Waals surface area contributed by atoms with Gasteiger partial charge in [0.25, 0.3) is 0 Å². The second-order valence-corrected chi connectivity index (χ2v) is 3.52. The predicted molar refractivity (Wildman–Crippen MR) is 58.9 cm³/mol. The van der Waals surface area contributed by atoms with Crippen molar-refractivity contribution in [1.29, 1.82) is 0 Å². The molecule has 1 aromatic rings. The number of ether oxygens (including phenoxy) is 1. The number of benzene rings is 1. The lowest BCUT2D eigenvalue weighted by Gasteiger charge is -1.93. The van der Waals surface area contributed by atoms with E-state index in [-0.39, 0.29) is 5.97 Å². The molecule has 78 valence electrons. The first-order valence-corrected chi connectivity index (χ1v) is 4.68. The number of esters is 1. The van der Waals surface area contributed by atoms with Gasteiger partial charge in [-0.05, 0) is 30.7 Å². The average Bonchev–Trinajstić information content (AvgIpc) is 2.02. The Balaban J connectivity index is 0.000000292. The molecule has 0 spiro atoms. The van der Waals surface area contributed by atoms with Crippen molar-refractivity contribution in [3.63, 3.8) is 0 Å². The van der Waals surface area contributed by atoms with Crippen molar-refractivity contribution in [3.8, 4) is 0 Å². The van der Waals surface area contributed by atoms with Crippen LogP contribution in [0, 0.1) is 6.92 Å². The molecular weight excluding hydrogens is 223 g/mol. The van der Waals surface area contributed by atoms with Gasteiger partial charge in [0, 0.05) is 17.0 Å². The fourth-order valence-electron chi connectivity index (χ4n) is 0.692. The van der Waals surface area contributed by atoms with Crippen LogP contribution in [0.1, 0.15) is 12.5 Å². The van der Waals surface area contributed by atoms with E-state index in [1.54, 1.807) is 6.07 Å². The van der Waals surface area contributed by atoms with Gasteiger partial charge in [0.15, 0.2) is 0 Å². The molecule has 0 bridgehead atoms. The van der Waals surface area contributed by atoms with E-state index < -0.39 is 0 Å². The molecule has 0 amide bonds. The molecule has 0 radical (unpaired) electrons. The SMILES string of the molecule is COC(C)=O.Cc1cc(Cl)cc(Cl)c1. The lowest BCUT2D eigenvalue weighted by atomic mass is 10.2. The summed E-state index contributed by atoms with van der Waals surface area (Å²) in [5.74, 6) is -0.245. The molecule has 4 heteroatoms. The third kappa shape index (κ3) is 6.75. The zero-order valence-electron chi connectivity index (χ0n) is 8.30. The zero-order valence-corrected chi connectivity index (χ0v) is 9.82. The van der Waals surface area contributed by atoms with Crippen LogP contribution in [0.4, 0.5) is 0 Å². The molecule has 14 heavy (non-hydrogen) atoms. The molecular formula is C10H12Cl2O2. The molecule has 0 aliphatic carbocycles. The molecule has 0 saturated heterocycles. The molecule has 0 aliphatic rings. The zero-order chi connectivity index (χ0) is 11.1. The monoisotopic (exact) mass is 234 g/mol. The van der Waals surface area contributed by atoms with Gasteiger partial charge in [-0.25, -0.2) is 0 Å². The number of aryl methyl sites for hydroxylation is 1. The van der Waals surface area contributed by atoms with Crippen molar-refractivity contribution in [2.24, 2.45) is 0 Å². The average molecular weight is 235 g/mol. The van der Waals surface area contributed by atoms with Gasteiger partial charge in [-0.2, -0.15) is 0 Å². The number of rotatable bonds is 0. The lowest BCUT2D eigenvalue weighted by molar-refractivity contribution is -0.137. The molecule has 0 fully saturated rings. The van der Waals surface area contributed by atoms with E-state index in [9.17, 15) is 4.79 Å². The second-order valence-electron chi connectivity index (χ2n) is 2.64. The van der Waals surface area contributed by atoms with Crippen molar-refractivity contribution < 1.29 is 9.53 Å². The molecule has 0 N–H and O–H groups in total. The second kappa shape index (κ2) is 6.68. The summed E-state index contributed by atoms with van der Waals surface area (Å²) in [4.78, 5) is 9.59. The third-order valence-corrected chi connectivity index (χ3v) is 1.73. The van der Waals surface area contributed by atoms with Gasteiger partial charge in [-0.15, -0.1) is 0 Å². The Labute approximate surface area is 93.8 Å². The molecule has 0 aromatic heterocycles. The van der Waals surface area contributed by atoms with Gasteiger partial charge in [0.1, 0.15) is 0 Å². The minimum Gasteiger partial charge on any atom is -0.469 e. The number of carbonyl (C=O) groups is 1. The number of halogens is 2. The highest BCUT2D eigenvalue weighted by atomic mass is 35.5. The standard InChI is InChI=1S/C7H6Cl2.C3H6O2/c1-5-2-6(8)4-7(9)3-5;1-3(4)5-2/h2-4H,1H3;1-2H3. The Morgan fingerprint density at radius 2 is 1.57 bits per heavy atom. The number of hydrogen-bond acceptors (Lipinski definition) is 2. The highest BCUT2D eigenvalue weighted by Crippen LogP contribution is 2.17. The molecule has 2 nitrogen and oxygen atoms in total. The van der Waals surface area contributed by atoms with E-state index in [0.29, 0.717) is 10.0 Å². The fraction of sp³-hybridized carbons (Fsp3) is 0.300. The molecule has 0 heterocycles. The highest BCUT2D eigenvalue weighted by Gasteiger charge is 1.91. The van der Waals surface area contributed by atoms with E-state index in [1.165, 1.54) is 14.0 Å². The molecule has 0 atom stereocenters. The smallest absolute Gasteiger partial charge is 0.302 e. The summed E-state index contributed by atoms with van der Waals surface area (Å²) >= 11 is 11.3. The number of hydrogen-bond donors (Lipinski definition) is 0. The fourth-order valence-corrected chi connectivity index (χ4v) is 1.33. The molecule has 0 aliphatic heterocycles. The first kappa shape index (κ1) is 13.3. The minimum absolute atomic E-state index is 0.245. The Morgan fingerprint density at radius 3 is 1.79 bits per heavy atom. The van der Waals surface area contributed by atoms with Crippen LogP contribution in [0.2, 0.25) is 10.0 Å². The largest absolute Gasteiger partial charge is 0.469 e. The van der Waals surface area contributed by atoms with Crippen LogP contribution in [0.5, 0.6) is 0 Å². The molecule has 0 unspecified atom stereocenters. The van der Waals surface area contributed by atoms with Crippen LogP contribution in [0.3, 0.4) is 0 Å². The van der Waals surface area contributed by atoms with E-state index in [0.717, 1.165) is 5.56 Å². The Bertz CT molecular complexity index is 261. The Hall–Kier alpha value is -0.730. The normalized spacial score (nSPS) is 8.64. The van der Waals surface area contributed by atoms with E-state index in [1.807, 2.05) is 19.1 Å². The van der Waals surface area contributed by atoms with Crippen LogP contribution in [0.15, 0.2) is 18.2 Å². The quantitative estimate of drug-likeness (QED) is 0.643. The Kier molecular flexibility index (Phi) is 6.34. The van der Waals surface area contributed by atoms with Crippen molar-refractivity contribution in [3.05, 3.63) is 33.8 Å². The summed E-state index contributed by atoms with van der Waals surface area (Å²) in [6, 6.07) is 5.46. The van der Waals surface area contributed by atoms with Crippen LogP contribution in [-0.2, 0) is 9.53 Å². The minimum atomic E-state index is -0.245. The van der Waals surface area contributed by atoms with Gasteiger partial charge in [-0.1, -0.05) is 23.2 Å². The molecule has 1 aromatic carbocycles. The summed E-state index contributed by atoms with van der Waals surface area (Å²) in [5.41, 5.74) is 1.09. The summed E-state index contributed by atoms with van der Waals surface area (Å²) in [7, 11) is 1.35. The molecule has 1 rings (SSSR count). The van der Waals surface area contributed by atoms with E-state index in [4.69, 9.17) is 23.2 Å². The van der Waals surface area contributed by atoms with Crippen molar-refractivity contribution >= 4 is 29.2 Å². The highest BCUT2D eigenvalue weighted by molar-refractivity contribution is 6.34. The third-order valence-electron chi connectivity index (χ3n) is 1.29. The van der Waals surface area contributed by atoms with Gasteiger partial charge < -0.3 is 4.74 Å². The van der Waals surface area contributed by atoms with Gasteiger partial charge in [0.05, 0.1) is 7.11 Å². The maximum atomic E-state index is 9.59. The van der Waals surface area contributed by atoms with E-state index in [2.05, 4.69) is 4.74 Å². The van der Waals surface area contributed by atoms with Gasteiger partial charge >= 0.3 is 5.97 Å². The summed E-state index contributed by atoms with van der Waals surface area (Å²) < 4.78 is 4.11. The predicted octanol–water partition coefficient (Wildman–Crippen LogP) is 3.48. The Morgan fingerprint density at radius 1 is 1.21 bits per heavy atom. The van der Waals surface area contributed by atoms with Crippen LogP contribution in [-0.4, -0.2) is 13.1 Å². The van der Waals surface area contributed by atoms with Crippen molar-refractivity contribution in [2.75, 3.05) is 7.11 Å². The number of methoxy groups -OCH3 is 1. The topological polar surface area (TPSA) is 26.3 Å². The van der Waals surface area contributed by atoms with E-state index >= 15 is 0 Å². The van der Waals surface area contributed by atoms with Crippen LogP contribution < -0.4 is 0 Å². The van der Waals surface area contributed by atoms with Crippen LogP contribution in [0.25, 0.3) is 0 Å². The molecule has 0 saturated carbocycles. The van der Waals surface area contributed by atoms with Crippen molar-refractivity contribution in [1.82, 2.24) is 0 Å².